The predicted octanol–water partition coefficient (Wildman–Crippen LogP) is 1.72. The second-order valence-electron chi connectivity index (χ2n) is 4.38. The van der Waals surface area contributed by atoms with E-state index in [1.54, 1.807) is 7.11 Å². The first kappa shape index (κ1) is 11.5. The van der Waals surface area contributed by atoms with Crippen LogP contribution in [0.4, 0.5) is 0 Å². The normalized spacial score (nSPS) is 27.7. The molecule has 14 heavy (non-hydrogen) atoms. The highest BCUT2D eigenvalue weighted by atomic mass is 16.5. The van der Waals surface area contributed by atoms with Crippen LogP contribution in [-0.4, -0.2) is 25.2 Å². The van der Waals surface area contributed by atoms with Crippen molar-refractivity contribution in [3.05, 3.63) is 0 Å². The van der Waals surface area contributed by atoms with Crippen molar-refractivity contribution < 1.29 is 9.53 Å². The summed E-state index contributed by atoms with van der Waals surface area (Å²) in [7, 11) is 1.75. The van der Waals surface area contributed by atoms with Crippen LogP contribution in [-0.2, 0) is 9.53 Å². The Labute approximate surface area is 86.2 Å². The van der Waals surface area contributed by atoms with Crippen LogP contribution in [0.2, 0.25) is 0 Å². The summed E-state index contributed by atoms with van der Waals surface area (Å²) < 4.78 is 5.31. The lowest BCUT2D eigenvalue weighted by Gasteiger charge is -2.29. The van der Waals surface area contributed by atoms with Gasteiger partial charge in [-0.25, -0.2) is 0 Å². The molecule has 0 unspecified atom stereocenters. The average Bonchev–Trinajstić information content (AvgIpc) is 2.18. The van der Waals surface area contributed by atoms with Crippen LogP contribution in [0.1, 0.15) is 39.5 Å². The number of methoxy groups -OCH3 is 1. The summed E-state index contributed by atoms with van der Waals surface area (Å²) in [6.45, 7) is 3.85. The van der Waals surface area contributed by atoms with E-state index >= 15 is 0 Å². The van der Waals surface area contributed by atoms with Crippen molar-refractivity contribution in [3.8, 4) is 0 Å². The Bertz CT molecular complexity index is 192. The zero-order chi connectivity index (χ0) is 10.6. The molecule has 1 saturated carbocycles. The standard InChI is InChI=1S/C11H21NO2/c1-8(2)11(13)12-9-5-4-6-10(7-9)14-3/h8-10H,4-7H2,1-3H3,(H,12,13)/t9-,10-/m1/s1. The van der Waals surface area contributed by atoms with Crippen molar-refractivity contribution in [1.82, 2.24) is 5.32 Å². The molecule has 3 heteroatoms. The van der Waals surface area contributed by atoms with Gasteiger partial charge < -0.3 is 10.1 Å². The Morgan fingerprint density at radius 2 is 2.14 bits per heavy atom. The van der Waals surface area contributed by atoms with Crippen molar-refractivity contribution in [2.75, 3.05) is 7.11 Å². The number of hydrogen-bond acceptors (Lipinski definition) is 2. The maximum atomic E-state index is 11.5. The smallest absolute Gasteiger partial charge is 0.222 e. The van der Waals surface area contributed by atoms with Gasteiger partial charge in [0, 0.05) is 19.1 Å². The molecule has 0 bridgehead atoms. The highest BCUT2D eigenvalue weighted by molar-refractivity contribution is 5.78. The van der Waals surface area contributed by atoms with Crippen LogP contribution in [0.3, 0.4) is 0 Å². The molecule has 1 aliphatic carbocycles. The van der Waals surface area contributed by atoms with Gasteiger partial charge in [-0.05, 0) is 25.7 Å². The lowest BCUT2D eigenvalue weighted by atomic mass is 9.92. The van der Waals surface area contributed by atoms with E-state index in [4.69, 9.17) is 4.74 Å². The molecule has 2 atom stereocenters. The van der Waals surface area contributed by atoms with Gasteiger partial charge in [0.2, 0.25) is 5.91 Å². The molecule has 0 aromatic heterocycles. The van der Waals surface area contributed by atoms with Crippen LogP contribution < -0.4 is 5.32 Å². The maximum Gasteiger partial charge on any atom is 0.222 e. The number of carbonyl (C=O) groups is 1. The van der Waals surface area contributed by atoms with Gasteiger partial charge in [-0.3, -0.25) is 4.79 Å². The molecule has 0 heterocycles. The lowest BCUT2D eigenvalue weighted by molar-refractivity contribution is -0.125. The molecule has 0 saturated heterocycles. The molecule has 1 rings (SSSR count). The van der Waals surface area contributed by atoms with E-state index in [1.165, 1.54) is 0 Å². The second-order valence-corrected chi connectivity index (χ2v) is 4.38. The first-order chi connectivity index (χ1) is 6.63. The third-order valence-electron chi connectivity index (χ3n) is 2.83. The van der Waals surface area contributed by atoms with Crippen molar-refractivity contribution >= 4 is 5.91 Å². The Hall–Kier alpha value is -0.570. The number of amides is 1. The third kappa shape index (κ3) is 3.29. The molecule has 0 radical (unpaired) electrons. The van der Waals surface area contributed by atoms with E-state index in [2.05, 4.69) is 5.32 Å². The van der Waals surface area contributed by atoms with Crippen LogP contribution in [0.25, 0.3) is 0 Å². The van der Waals surface area contributed by atoms with Crippen LogP contribution in [0.5, 0.6) is 0 Å². The minimum atomic E-state index is 0.0814. The Morgan fingerprint density at radius 1 is 1.43 bits per heavy atom. The number of rotatable bonds is 3. The van der Waals surface area contributed by atoms with Crippen LogP contribution >= 0.6 is 0 Å². The Kier molecular flexibility index (Phi) is 4.39. The number of ether oxygens (including phenoxy) is 1. The molecule has 1 N–H and O–H groups in total. The van der Waals surface area contributed by atoms with Crippen LogP contribution in [0.15, 0.2) is 0 Å². The van der Waals surface area contributed by atoms with Gasteiger partial charge in [0.1, 0.15) is 0 Å². The second kappa shape index (κ2) is 5.35. The van der Waals surface area contributed by atoms with E-state index in [0.717, 1.165) is 25.7 Å². The fraction of sp³-hybridized carbons (Fsp3) is 0.909. The predicted molar refractivity (Wildman–Crippen MR) is 56.0 cm³/mol. The van der Waals surface area contributed by atoms with Crippen molar-refractivity contribution in [2.24, 2.45) is 5.92 Å². The van der Waals surface area contributed by atoms with Gasteiger partial charge in [-0.15, -0.1) is 0 Å². The minimum Gasteiger partial charge on any atom is -0.381 e. The van der Waals surface area contributed by atoms with Crippen molar-refractivity contribution in [1.29, 1.82) is 0 Å². The largest absolute Gasteiger partial charge is 0.381 e. The summed E-state index contributed by atoms with van der Waals surface area (Å²) in [6.07, 6.45) is 4.68. The highest BCUT2D eigenvalue weighted by Crippen LogP contribution is 2.20. The molecule has 0 aromatic carbocycles. The quantitative estimate of drug-likeness (QED) is 0.751. The molecule has 0 spiro atoms. The molecular formula is C11H21NO2. The summed E-state index contributed by atoms with van der Waals surface area (Å²) in [5.41, 5.74) is 0. The summed E-state index contributed by atoms with van der Waals surface area (Å²) in [4.78, 5) is 11.5. The average molecular weight is 199 g/mol. The van der Waals surface area contributed by atoms with Gasteiger partial charge in [-0.1, -0.05) is 13.8 Å². The zero-order valence-electron chi connectivity index (χ0n) is 9.38. The van der Waals surface area contributed by atoms with Crippen molar-refractivity contribution in [2.45, 2.75) is 51.7 Å². The van der Waals surface area contributed by atoms with Gasteiger partial charge in [0.25, 0.3) is 0 Å². The van der Waals surface area contributed by atoms with Gasteiger partial charge >= 0.3 is 0 Å². The molecule has 1 aliphatic rings. The van der Waals surface area contributed by atoms with Gasteiger partial charge in [0.05, 0.1) is 6.10 Å². The first-order valence-electron chi connectivity index (χ1n) is 5.46. The fourth-order valence-corrected chi connectivity index (χ4v) is 1.86. The monoisotopic (exact) mass is 199 g/mol. The molecule has 0 aromatic rings. The summed E-state index contributed by atoms with van der Waals surface area (Å²) in [5, 5.41) is 3.06. The highest BCUT2D eigenvalue weighted by Gasteiger charge is 2.23. The molecular weight excluding hydrogens is 178 g/mol. The van der Waals surface area contributed by atoms with Crippen molar-refractivity contribution in [3.63, 3.8) is 0 Å². The topological polar surface area (TPSA) is 38.3 Å². The SMILES string of the molecule is CO[C@@H]1CCC[C@@H](NC(=O)C(C)C)C1. The first-order valence-corrected chi connectivity index (χ1v) is 5.46. The van der Waals surface area contributed by atoms with E-state index in [9.17, 15) is 4.79 Å². The van der Waals surface area contributed by atoms with E-state index in [-0.39, 0.29) is 11.8 Å². The fourth-order valence-electron chi connectivity index (χ4n) is 1.86. The molecule has 0 aliphatic heterocycles. The summed E-state index contributed by atoms with van der Waals surface area (Å²) >= 11 is 0. The summed E-state index contributed by atoms with van der Waals surface area (Å²) in [6, 6.07) is 0.323. The third-order valence-corrected chi connectivity index (χ3v) is 2.83. The molecule has 1 amide bonds. The van der Waals surface area contributed by atoms with Gasteiger partial charge in [-0.2, -0.15) is 0 Å². The molecule has 82 valence electrons. The maximum absolute atomic E-state index is 11.5. The zero-order valence-corrected chi connectivity index (χ0v) is 9.38. The van der Waals surface area contributed by atoms with E-state index in [1.807, 2.05) is 13.8 Å². The Morgan fingerprint density at radius 3 is 2.71 bits per heavy atom. The van der Waals surface area contributed by atoms with E-state index < -0.39 is 0 Å². The number of hydrogen-bond donors (Lipinski definition) is 1. The van der Waals surface area contributed by atoms with Gasteiger partial charge in [0.15, 0.2) is 0 Å². The van der Waals surface area contributed by atoms with E-state index in [0.29, 0.717) is 12.1 Å². The summed E-state index contributed by atoms with van der Waals surface area (Å²) in [5.74, 6) is 0.240. The Balaban J connectivity index is 2.34. The lowest BCUT2D eigenvalue weighted by Crippen LogP contribution is -2.41. The minimum absolute atomic E-state index is 0.0814. The number of carbonyl (C=O) groups excluding carboxylic acids is 1. The number of nitrogens with one attached hydrogen (secondary N) is 1. The molecule has 3 nitrogen and oxygen atoms in total. The van der Waals surface area contributed by atoms with Crippen LogP contribution in [0, 0.1) is 5.92 Å². The molecule has 1 fully saturated rings.